The van der Waals surface area contributed by atoms with Gasteiger partial charge in [-0.15, -0.1) is 0 Å². The minimum Gasteiger partial charge on any atom is -0.356 e. The van der Waals surface area contributed by atoms with Crippen molar-refractivity contribution in [3.05, 3.63) is 30.0 Å². The fourth-order valence-corrected chi connectivity index (χ4v) is 3.18. The minimum atomic E-state index is -0.265. The van der Waals surface area contributed by atoms with Crippen LogP contribution in [0.25, 0.3) is 10.9 Å². The molecule has 2 heterocycles. The summed E-state index contributed by atoms with van der Waals surface area (Å²) in [6.45, 7) is 3.15. The number of carbonyl (C=O) groups is 2. The van der Waals surface area contributed by atoms with E-state index in [2.05, 4.69) is 26.1 Å². The first-order valence-electron chi connectivity index (χ1n) is 8.93. The SMILES string of the molecule is O=C(CCNC(=O)c1n[nH]c2ccccc12)NCCC1CCCNC1. The summed E-state index contributed by atoms with van der Waals surface area (Å²) in [6.07, 6.45) is 3.73. The lowest BCUT2D eigenvalue weighted by molar-refractivity contribution is -0.121. The minimum absolute atomic E-state index is 0.0315. The number of hydrogen-bond acceptors (Lipinski definition) is 4. The summed E-state index contributed by atoms with van der Waals surface area (Å²) in [6, 6.07) is 7.47. The number of carbonyl (C=O) groups excluding carboxylic acids is 2. The van der Waals surface area contributed by atoms with E-state index >= 15 is 0 Å². The van der Waals surface area contributed by atoms with Gasteiger partial charge >= 0.3 is 0 Å². The van der Waals surface area contributed by atoms with Gasteiger partial charge in [-0.05, 0) is 44.3 Å². The molecule has 1 unspecified atom stereocenters. The number of amides is 2. The molecular weight excluding hydrogens is 318 g/mol. The van der Waals surface area contributed by atoms with Crippen molar-refractivity contribution >= 4 is 22.7 Å². The molecule has 0 aliphatic carbocycles. The zero-order valence-corrected chi connectivity index (χ0v) is 14.3. The number of nitrogens with zero attached hydrogens (tertiary/aromatic N) is 1. The van der Waals surface area contributed by atoms with E-state index in [0.717, 1.165) is 30.4 Å². The van der Waals surface area contributed by atoms with E-state index in [1.165, 1.54) is 12.8 Å². The van der Waals surface area contributed by atoms with Gasteiger partial charge in [-0.2, -0.15) is 5.10 Å². The van der Waals surface area contributed by atoms with Crippen LogP contribution in [0.15, 0.2) is 24.3 Å². The average molecular weight is 343 g/mol. The third-order valence-electron chi connectivity index (χ3n) is 4.60. The molecule has 7 heteroatoms. The Balaban J connectivity index is 1.35. The van der Waals surface area contributed by atoms with E-state index in [1.54, 1.807) is 0 Å². The van der Waals surface area contributed by atoms with E-state index in [9.17, 15) is 9.59 Å². The Bertz CT molecular complexity index is 721. The first-order chi connectivity index (χ1) is 12.2. The molecule has 1 aromatic carbocycles. The van der Waals surface area contributed by atoms with Gasteiger partial charge in [0, 0.05) is 24.9 Å². The molecule has 0 radical (unpaired) electrons. The lowest BCUT2D eigenvalue weighted by atomic mass is 9.96. The molecule has 25 heavy (non-hydrogen) atoms. The Hall–Kier alpha value is -2.41. The van der Waals surface area contributed by atoms with Crippen molar-refractivity contribution in [3.8, 4) is 0 Å². The molecule has 0 bridgehead atoms. The normalized spacial score (nSPS) is 17.4. The number of aromatic nitrogens is 2. The molecule has 1 atom stereocenters. The predicted octanol–water partition coefficient (Wildman–Crippen LogP) is 1.19. The largest absolute Gasteiger partial charge is 0.356 e. The first-order valence-corrected chi connectivity index (χ1v) is 8.93. The number of fused-ring (bicyclic) bond motifs is 1. The number of rotatable bonds is 7. The van der Waals surface area contributed by atoms with E-state index < -0.39 is 0 Å². The topological polar surface area (TPSA) is 98.9 Å². The van der Waals surface area contributed by atoms with Gasteiger partial charge in [0.15, 0.2) is 5.69 Å². The van der Waals surface area contributed by atoms with Gasteiger partial charge in [0.1, 0.15) is 0 Å². The van der Waals surface area contributed by atoms with Gasteiger partial charge in [0.05, 0.1) is 5.52 Å². The van der Waals surface area contributed by atoms with Crippen molar-refractivity contribution in [1.29, 1.82) is 0 Å². The highest BCUT2D eigenvalue weighted by molar-refractivity contribution is 6.04. The van der Waals surface area contributed by atoms with Crippen LogP contribution in [0.5, 0.6) is 0 Å². The molecule has 1 aliphatic heterocycles. The molecule has 0 saturated carbocycles. The summed E-state index contributed by atoms with van der Waals surface area (Å²) < 4.78 is 0. The molecule has 4 N–H and O–H groups in total. The maximum Gasteiger partial charge on any atom is 0.272 e. The lowest BCUT2D eigenvalue weighted by Crippen LogP contribution is -2.34. The molecule has 0 spiro atoms. The van der Waals surface area contributed by atoms with Crippen LogP contribution in [0.4, 0.5) is 0 Å². The molecule has 2 aromatic rings. The third-order valence-corrected chi connectivity index (χ3v) is 4.60. The van der Waals surface area contributed by atoms with Crippen LogP contribution in [0.1, 0.15) is 36.2 Å². The van der Waals surface area contributed by atoms with Gasteiger partial charge in [0.2, 0.25) is 5.91 Å². The summed E-state index contributed by atoms with van der Waals surface area (Å²) in [7, 11) is 0. The number of hydrogen-bond donors (Lipinski definition) is 4. The van der Waals surface area contributed by atoms with Crippen LogP contribution in [0, 0.1) is 5.92 Å². The Morgan fingerprint density at radius 2 is 2.08 bits per heavy atom. The Morgan fingerprint density at radius 1 is 1.20 bits per heavy atom. The van der Waals surface area contributed by atoms with E-state index in [-0.39, 0.29) is 18.2 Å². The maximum absolute atomic E-state index is 12.2. The maximum atomic E-state index is 12.2. The van der Waals surface area contributed by atoms with E-state index in [4.69, 9.17) is 0 Å². The number of nitrogens with one attached hydrogen (secondary N) is 4. The summed E-state index contributed by atoms with van der Waals surface area (Å²) in [5, 5.41) is 16.7. The summed E-state index contributed by atoms with van der Waals surface area (Å²) in [5.74, 6) is 0.358. The van der Waals surface area contributed by atoms with E-state index in [0.29, 0.717) is 24.7 Å². The monoisotopic (exact) mass is 343 g/mol. The van der Waals surface area contributed by atoms with E-state index in [1.807, 2.05) is 24.3 Å². The molecule has 134 valence electrons. The van der Waals surface area contributed by atoms with Crippen LogP contribution in [0.3, 0.4) is 0 Å². The number of aromatic amines is 1. The molecule has 1 aliphatic rings. The lowest BCUT2D eigenvalue weighted by Gasteiger charge is -2.22. The number of para-hydroxylation sites is 1. The van der Waals surface area contributed by atoms with Crippen molar-refractivity contribution in [3.63, 3.8) is 0 Å². The number of piperidine rings is 1. The quantitative estimate of drug-likeness (QED) is 0.607. The Kier molecular flexibility index (Phi) is 6.00. The smallest absolute Gasteiger partial charge is 0.272 e. The zero-order valence-electron chi connectivity index (χ0n) is 14.3. The van der Waals surface area contributed by atoms with Crippen LogP contribution in [-0.2, 0) is 4.79 Å². The Morgan fingerprint density at radius 3 is 2.92 bits per heavy atom. The predicted molar refractivity (Wildman–Crippen MR) is 96.3 cm³/mol. The second-order valence-electron chi connectivity index (χ2n) is 6.47. The first kappa shape index (κ1) is 17.4. The third kappa shape index (κ3) is 4.79. The highest BCUT2D eigenvalue weighted by Gasteiger charge is 2.14. The van der Waals surface area contributed by atoms with Crippen molar-refractivity contribution in [1.82, 2.24) is 26.1 Å². The second kappa shape index (κ2) is 8.62. The molecule has 1 saturated heterocycles. The van der Waals surface area contributed by atoms with Crippen LogP contribution in [0.2, 0.25) is 0 Å². The van der Waals surface area contributed by atoms with Crippen LogP contribution >= 0.6 is 0 Å². The standard InChI is InChI=1S/C18H25N5O2/c24-16(20-10-7-13-4-3-9-19-12-13)8-11-21-18(25)17-14-5-1-2-6-15(14)22-23-17/h1-2,5-6,13,19H,3-4,7-12H2,(H,20,24)(H,21,25)(H,22,23). The van der Waals surface area contributed by atoms with Gasteiger partial charge in [-0.1, -0.05) is 18.2 Å². The second-order valence-corrected chi connectivity index (χ2v) is 6.47. The van der Waals surface area contributed by atoms with Crippen LogP contribution < -0.4 is 16.0 Å². The molecule has 1 aromatic heterocycles. The van der Waals surface area contributed by atoms with Gasteiger partial charge in [-0.3, -0.25) is 14.7 Å². The molecule has 2 amide bonds. The van der Waals surface area contributed by atoms with Crippen LogP contribution in [-0.4, -0.2) is 48.2 Å². The number of benzene rings is 1. The highest BCUT2D eigenvalue weighted by Crippen LogP contribution is 2.15. The van der Waals surface area contributed by atoms with Gasteiger partial charge < -0.3 is 16.0 Å². The fourth-order valence-electron chi connectivity index (χ4n) is 3.18. The fraction of sp³-hybridized carbons (Fsp3) is 0.500. The molecular formula is C18H25N5O2. The Labute approximate surface area is 146 Å². The van der Waals surface area contributed by atoms with Crippen molar-refractivity contribution in [2.24, 2.45) is 5.92 Å². The average Bonchev–Trinajstić information content (AvgIpc) is 3.07. The zero-order chi connectivity index (χ0) is 17.5. The summed E-state index contributed by atoms with van der Waals surface area (Å²) >= 11 is 0. The van der Waals surface area contributed by atoms with Gasteiger partial charge in [0.25, 0.3) is 5.91 Å². The van der Waals surface area contributed by atoms with Crippen molar-refractivity contribution < 1.29 is 9.59 Å². The highest BCUT2D eigenvalue weighted by atomic mass is 16.2. The van der Waals surface area contributed by atoms with Gasteiger partial charge in [-0.25, -0.2) is 0 Å². The summed E-state index contributed by atoms with van der Waals surface area (Å²) in [5.41, 5.74) is 1.18. The van der Waals surface area contributed by atoms with Crippen molar-refractivity contribution in [2.45, 2.75) is 25.7 Å². The summed E-state index contributed by atoms with van der Waals surface area (Å²) in [4.78, 5) is 24.1. The molecule has 1 fully saturated rings. The number of H-pyrrole nitrogens is 1. The molecule has 3 rings (SSSR count). The van der Waals surface area contributed by atoms with Crippen molar-refractivity contribution in [2.75, 3.05) is 26.2 Å². The molecule has 7 nitrogen and oxygen atoms in total.